The molecule has 69 heavy (non-hydrogen) atoms. The van der Waals surface area contributed by atoms with Crippen molar-refractivity contribution >= 4 is 65.5 Å². The lowest BCUT2D eigenvalue weighted by Crippen LogP contribution is -2.32. The van der Waals surface area contributed by atoms with Crippen LogP contribution in [0.3, 0.4) is 0 Å². The van der Waals surface area contributed by atoms with Crippen LogP contribution in [0.1, 0.15) is 101 Å². The van der Waals surface area contributed by atoms with E-state index >= 15 is 0 Å². The number of carbonyl (C=O) groups is 2. The highest BCUT2D eigenvalue weighted by atomic mass is 35.5. The predicted octanol–water partition coefficient (Wildman–Crippen LogP) is 9.31. The number of hydrogen-bond acceptors (Lipinski definition) is 14. The third-order valence-electron chi connectivity index (χ3n) is 10.3. The number of nitrogens with zero attached hydrogens (tertiary/aromatic N) is 2. The Bertz CT molecular complexity index is 3020. The summed E-state index contributed by atoms with van der Waals surface area (Å²) in [5.41, 5.74) is 3.79. The number of hydrogen-bond donors (Lipinski definition) is 4. The van der Waals surface area contributed by atoms with E-state index in [0.717, 1.165) is 39.4 Å². The molecule has 0 fully saturated rings. The van der Waals surface area contributed by atoms with Gasteiger partial charge in [0, 0.05) is 30.9 Å². The molecule has 1 amide bonds. The van der Waals surface area contributed by atoms with Crippen molar-refractivity contribution in [3.63, 3.8) is 0 Å². The first kappa shape index (κ1) is 56.4. The summed E-state index contributed by atoms with van der Waals surface area (Å²) in [6.45, 7) is 13.9. The lowest BCUT2D eigenvalue weighted by molar-refractivity contribution is -0.118. The second-order valence-corrected chi connectivity index (χ2v) is 23.2. The maximum atomic E-state index is 14.5. The molecule has 21 heteroatoms. The number of aromatic nitrogens is 2. The number of thiophene rings is 2. The first-order valence-electron chi connectivity index (χ1n) is 21.0. The molecule has 4 aromatic heterocycles. The standard InChI is InChI=1S/C24H27FN2O5S2.C17H17ClFNO2.C7H11NO3S2/c1-14(2)18-10-17(25)11-19(15-6-7-26-22(8-15)32-5)20(18)12-21(28)27-34(30,31)23-9-16(13-33-23)24(3,4)29;1-10(2)13-7-12(19)8-14(15(13)9-16(18)21)11-4-5-20-17(6-11)22-3;1-7(2,9)5-3-6(12-4-5)13(8,10)11/h6-11,13-14,29H,12H2,1-5H3,(H,27,28);4-8,10H,9H2,1-3H3;3-4,9H,1-2H3,(H2,8,10,11). The quantitative estimate of drug-likeness (QED) is 0.0706. The van der Waals surface area contributed by atoms with E-state index in [2.05, 4.69) is 14.7 Å². The fourth-order valence-electron chi connectivity index (χ4n) is 6.73. The highest BCUT2D eigenvalue weighted by Gasteiger charge is 2.27. The number of ether oxygens (including phenoxy) is 2. The van der Waals surface area contributed by atoms with E-state index < -0.39 is 48.2 Å². The monoisotopic (exact) mass is 1050 g/mol. The third-order valence-corrected chi connectivity index (χ3v) is 15.6. The first-order valence-corrected chi connectivity index (χ1v) is 26.2. The van der Waals surface area contributed by atoms with Crippen LogP contribution < -0.4 is 19.3 Å². The predicted molar refractivity (Wildman–Crippen MR) is 265 cm³/mol. The van der Waals surface area contributed by atoms with Crippen LogP contribution in [0.4, 0.5) is 8.78 Å². The van der Waals surface area contributed by atoms with Gasteiger partial charge in [0.2, 0.25) is 32.9 Å². The topological polar surface area (TPSA) is 225 Å². The van der Waals surface area contributed by atoms with Crippen molar-refractivity contribution in [3.05, 3.63) is 129 Å². The lowest BCUT2D eigenvalue weighted by atomic mass is 9.88. The van der Waals surface area contributed by atoms with Crippen molar-refractivity contribution in [2.75, 3.05) is 14.2 Å². The van der Waals surface area contributed by atoms with Gasteiger partial charge >= 0.3 is 0 Å². The number of pyridine rings is 2. The average molecular weight is 1050 g/mol. The Hall–Kier alpha value is -5.19. The van der Waals surface area contributed by atoms with E-state index in [4.69, 9.17) is 26.2 Å². The summed E-state index contributed by atoms with van der Waals surface area (Å²) in [5, 5.41) is 27.2. The number of aliphatic hydroxyl groups is 2. The van der Waals surface area contributed by atoms with Crippen molar-refractivity contribution in [1.82, 2.24) is 14.7 Å². The molecular formula is C48H55ClF2N4O10S4. The van der Waals surface area contributed by atoms with Gasteiger partial charge in [-0.1, -0.05) is 27.7 Å². The van der Waals surface area contributed by atoms with Crippen LogP contribution in [0.15, 0.2) is 92.2 Å². The number of nitrogens with two attached hydrogens (primary N) is 1. The van der Waals surface area contributed by atoms with Gasteiger partial charge in [-0.3, -0.25) is 9.59 Å². The van der Waals surface area contributed by atoms with Crippen LogP contribution in [0.25, 0.3) is 22.3 Å². The Morgan fingerprint density at radius 2 is 1.12 bits per heavy atom. The molecular weight excluding hydrogens is 994 g/mol. The number of rotatable bonds is 15. The molecule has 0 saturated heterocycles. The van der Waals surface area contributed by atoms with E-state index in [-0.39, 0.29) is 38.9 Å². The fourth-order valence-corrected chi connectivity index (χ4v) is 11.0. The third kappa shape index (κ3) is 15.7. The van der Waals surface area contributed by atoms with Crippen LogP contribution >= 0.6 is 34.3 Å². The molecule has 0 aliphatic heterocycles. The van der Waals surface area contributed by atoms with Crippen molar-refractivity contribution in [2.45, 2.75) is 99.7 Å². The van der Waals surface area contributed by atoms with E-state index in [1.54, 1.807) is 63.5 Å². The van der Waals surface area contributed by atoms with Crippen LogP contribution in [0.2, 0.25) is 0 Å². The molecule has 0 spiro atoms. The molecule has 14 nitrogen and oxygen atoms in total. The number of methoxy groups -OCH3 is 2. The summed E-state index contributed by atoms with van der Waals surface area (Å²) in [6, 6.07) is 15.0. The van der Waals surface area contributed by atoms with Gasteiger partial charge in [-0.05, 0) is 166 Å². The molecule has 372 valence electrons. The van der Waals surface area contributed by atoms with E-state index in [1.165, 1.54) is 62.2 Å². The minimum absolute atomic E-state index is 0.0509. The summed E-state index contributed by atoms with van der Waals surface area (Å²) in [7, 11) is -4.80. The number of nitrogens with one attached hydrogen (secondary N) is 1. The van der Waals surface area contributed by atoms with Crippen LogP contribution in [-0.2, 0) is 53.7 Å². The SMILES string of the molecule is CC(C)(O)c1csc(S(N)(=O)=O)c1.COc1cc(-c2cc(F)cc(C(C)C)c2CC(=O)Cl)ccn1.COc1cc(-c2cc(F)cc(C(C)C)c2CC(=O)NS(=O)(=O)c2cc(C(C)(C)O)cs2)ccn1. The normalized spacial score (nSPS) is 11.9. The molecule has 0 aliphatic rings. The molecule has 0 radical (unpaired) electrons. The summed E-state index contributed by atoms with van der Waals surface area (Å²) in [6.07, 6.45) is 2.87. The molecule has 0 bridgehead atoms. The fraction of sp³-hybridized carbons (Fsp3) is 0.333. The van der Waals surface area contributed by atoms with Gasteiger partial charge in [-0.2, -0.15) is 0 Å². The van der Waals surface area contributed by atoms with Gasteiger partial charge in [0.05, 0.1) is 31.8 Å². The van der Waals surface area contributed by atoms with Crippen molar-refractivity contribution in [2.24, 2.45) is 5.14 Å². The molecule has 6 aromatic rings. The molecule has 0 aliphatic carbocycles. The van der Waals surface area contributed by atoms with Gasteiger partial charge < -0.3 is 19.7 Å². The Morgan fingerprint density at radius 1 is 0.710 bits per heavy atom. The molecule has 0 saturated carbocycles. The van der Waals surface area contributed by atoms with Crippen molar-refractivity contribution in [3.8, 4) is 34.0 Å². The zero-order valence-corrected chi connectivity index (χ0v) is 43.6. The molecule has 5 N–H and O–H groups in total. The van der Waals surface area contributed by atoms with Crippen LogP contribution in [-0.4, -0.2) is 62.4 Å². The number of halogens is 3. The summed E-state index contributed by atoms with van der Waals surface area (Å²) < 4.78 is 88.2. The Morgan fingerprint density at radius 3 is 1.46 bits per heavy atom. The maximum absolute atomic E-state index is 14.5. The summed E-state index contributed by atoms with van der Waals surface area (Å²) >= 11 is 7.50. The zero-order chi connectivity index (χ0) is 51.8. The highest BCUT2D eigenvalue weighted by Crippen LogP contribution is 2.36. The number of primary sulfonamides is 1. The van der Waals surface area contributed by atoms with E-state index in [9.17, 15) is 45.4 Å². The largest absolute Gasteiger partial charge is 0.481 e. The van der Waals surface area contributed by atoms with Gasteiger partial charge in [0.15, 0.2) is 0 Å². The number of carbonyl (C=O) groups excluding carboxylic acids is 2. The number of sulfonamides is 2. The second kappa shape index (κ2) is 23.2. The molecule has 4 heterocycles. The van der Waals surface area contributed by atoms with E-state index in [0.29, 0.717) is 50.7 Å². The minimum atomic E-state index is -4.14. The Labute approximate surface area is 414 Å². The average Bonchev–Trinajstić information content (AvgIpc) is 3.98. The molecule has 0 atom stereocenters. The Kier molecular flexibility index (Phi) is 18.9. The van der Waals surface area contributed by atoms with Crippen LogP contribution in [0, 0.1) is 11.6 Å². The van der Waals surface area contributed by atoms with E-state index in [1.807, 2.05) is 27.7 Å². The van der Waals surface area contributed by atoms with Crippen molar-refractivity contribution < 1.29 is 54.9 Å². The summed E-state index contributed by atoms with van der Waals surface area (Å²) in [4.78, 5) is 32.4. The van der Waals surface area contributed by atoms with Gasteiger partial charge in [0.25, 0.3) is 10.0 Å². The Balaban J connectivity index is 0.000000252. The van der Waals surface area contributed by atoms with Gasteiger partial charge in [-0.15, -0.1) is 22.7 Å². The van der Waals surface area contributed by atoms with Gasteiger partial charge in [-0.25, -0.2) is 45.4 Å². The summed E-state index contributed by atoms with van der Waals surface area (Å²) in [5.74, 6) is -0.867. The molecule has 2 aromatic carbocycles. The smallest absolute Gasteiger partial charge is 0.273 e. The highest BCUT2D eigenvalue weighted by molar-refractivity contribution is 7.92. The lowest BCUT2D eigenvalue weighted by Gasteiger charge is -2.18. The van der Waals surface area contributed by atoms with Crippen LogP contribution in [0.5, 0.6) is 11.8 Å². The zero-order valence-electron chi connectivity index (χ0n) is 39.6. The maximum Gasteiger partial charge on any atom is 0.273 e. The second-order valence-electron chi connectivity index (χ2n) is 17.2. The van der Waals surface area contributed by atoms with Crippen molar-refractivity contribution in [1.29, 1.82) is 0 Å². The molecule has 0 unspecified atom stereocenters. The molecule has 6 rings (SSSR count). The minimum Gasteiger partial charge on any atom is -0.481 e. The number of benzene rings is 2. The first-order chi connectivity index (χ1) is 31.9. The number of amides is 1. The van der Waals surface area contributed by atoms with Gasteiger partial charge in [0.1, 0.15) is 20.1 Å².